The van der Waals surface area contributed by atoms with Gasteiger partial charge in [0.1, 0.15) is 0 Å². The third kappa shape index (κ3) is 3.08. The minimum Gasteiger partial charge on any atom is -0.0952 e. The van der Waals surface area contributed by atoms with E-state index in [-0.39, 0.29) is 0 Å². The summed E-state index contributed by atoms with van der Waals surface area (Å²) >= 11 is 0. The smallest absolute Gasteiger partial charge is 0.00137 e. The van der Waals surface area contributed by atoms with Gasteiger partial charge < -0.3 is 0 Å². The molecule has 0 aliphatic heterocycles. The predicted molar refractivity (Wildman–Crippen MR) is 115 cm³/mol. The van der Waals surface area contributed by atoms with Gasteiger partial charge in [0.15, 0.2) is 0 Å². The van der Waals surface area contributed by atoms with E-state index in [0.717, 1.165) is 19.3 Å². The fourth-order valence-electron chi connectivity index (χ4n) is 4.20. The second-order valence-corrected chi connectivity index (χ2v) is 7.57. The van der Waals surface area contributed by atoms with E-state index in [4.69, 9.17) is 0 Å². The third-order valence-electron chi connectivity index (χ3n) is 5.70. The van der Waals surface area contributed by atoms with Gasteiger partial charge in [-0.25, -0.2) is 0 Å². The summed E-state index contributed by atoms with van der Waals surface area (Å²) in [6, 6.07) is 26.3. The molecule has 0 radical (unpaired) electrons. The first kappa shape index (κ1) is 16.1. The van der Waals surface area contributed by atoms with Gasteiger partial charge in [-0.3, -0.25) is 0 Å². The van der Waals surface area contributed by atoms with E-state index in [1.807, 2.05) is 0 Å². The molecular weight excluding hydrogens is 324 g/mol. The highest BCUT2D eigenvalue weighted by molar-refractivity contribution is 5.88. The Bertz CT molecular complexity index is 1090. The maximum atomic E-state index is 4.39. The second kappa shape index (κ2) is 6.55. The highest BCUT2D eigenvalue weighted by atomic mass is 14.2. The van der Waals surface area contributed by atoms with Crippen LogP contribution < -0.4 is 0 Å². The quantitative estimate of drug-likeness (QED) is 0.504. The van der Waals surface area contributed by atoms with Crippen LogP contribution in [0.1, 0.15) is 33.4 Å². The third-order valence-corrected chi connectivity index (χ3v) is 5.70. The maximum absolute atomic E-state index is 4.39. The Morgan fingerprint density at radius 1 is 0.741 bits per heavy atom. The molecule has 0 heterocycles. The zero-order valence-electron chi connectivity index (χ0n) is 15.4. The van der Waals surface area contributed by atoms with Crippen molar-refractivity contribution in [3.05, 3.63) is 124 Å². The summed E-state index contributed by atoms with van der Waals surface area (Å²) < 4.78 is 0. The fourth-order valence-corrected chi connectivity index (χ4v) is 4.20. The van der Waals surface area contributed by atoms with Crippen LogP contribution >= 0.6 is 0 Å². The Balaban J connectivity index is 1.35. The summed E-state index contributed by atoms with van der Waals surface area (Å²) in [5.41, 5.74) is 12.2. The molecule has 0 N–H and O–H groups in total. The Morgan fingerprint density at radius 2 is 1.52 bits per heavy atom. The van der Waals surface area contributed by atoms with Crippen molar-refractivity contribution in [3.63, 3.8) is 0 Å². The molecule has 0 saturated carbocycles. The van der Waals surface area contributed by atoms with Crippen LogP contribution in [0.2, 0.25) is 0 Å². The van der Waals surface area contributed by atoms with Crippen molar-refractivity contribution in [1.29, 1.82) is 0 Å². The summed E-state index contributed by atoms with van der Waals surface area (Å²) in [6.07, 6.45) is 7.61. The lowest BCUT2D eigenvalue weighted by Crippen LogP contribution is -1.95. The minimum absolute atomic E-state index is 0.918. The lowest BCUT2D eigenvalue weighted by Gasteiger charge is -2.09. The predicted octanol–water partition coefficient (Wildman–Crippen LogP) is 6.52. The van der Waals surface area contributed by atoms with Crippen molar-refractivity contribution in [3.8, 4) is 0 Å². The highest BCUT2D eigenvalue weighted by Gasteiger charge is 2.17. The first-order valence-corrected chi connectivity index (χ1v) is 9.61. The molecule has 0 amide bonds. The number of hydrogen-bond donors (Lipinski definition) is 0. The van der Waals surface area contributed by atoms with Crippen LogP contribution in [0.25, 0.3) is 17.7 Å². The average Bonchev–Trinajstić information content (AvgIpc) is 3.32. The van der Waals surface area contributed by atoms with Crippen LogP contribution in [-0.4, -0.2) is 0 Å². The zero-order chi connectivity index (χ0) is 18.2. The SMILES string of the molecule is C=C(Cc1ccc2c(c1)C=C(c1ccccc1)C2)C1=Cc2ccccc2C1. The van der Waals surface area contributed by atoms with Crippen LogP contribution in [-0.2, 0) is 19.3 Å². The largest absolute Gasteiger partial charge is 0.0952 e. The number of benzene rings is 3. The Morgan fingerprint density at radius 3 is 2.37 bits per heavy atom. The second-order valence-electron chi connectivity index (χ2n) is 7.57. The molecule has 0 saturated heterocycles. The van der Waals surface area contributed by atoms with E-state index in [0.29, 0.717) is 0 Å². The number of allylic oxidation sites excluding steroid dienone is 3. The van der Waals surface area contributed by atoms with Crippen molar-refractivity contribution in [2.75, 3.05) is 0 Å². The van der Waals surface area contributed by atoms with Gasteiger partial charge in [-0.1, -0.05) is 91.5 Å². The van der Waals surface area contributed by atoms with Gasteiger partial charge in [0.05, 0.1) is 0 Å². The van der Waals surface area contributed by atoms with Crippen molar-refractivity contribution in [1.82, 2.24) is 0 Å². The molecule has 0 heteroatoms. The molecule has 0 nitrogen and oxygen atoms in total. The normalized spacial score (nSPS) is 14.4. The van der Waals surface area contributed by atoms with Gasteiger partial charge in [-0.15, -0.1) is 0 Å². The molecule has 130 valence electrons. The van der Waals surface area contributed by atoms with E-state index in [2.05, 4.69) is 91.5 Å². The Labute approximate surface area is 161 Å². The monoisotopic (exact) mass is 346 g/mol. The lowest BCUT2D eigenvalue weighted by atomic mass is 9.96. The molecule has 0 aromatic heterocycles. The molecule has 2 aliphatic rings. The van der Waals surface area contributed by atoms with Crippen LogP contribution in [0.15, 0.2) is 90.5 Å². The molecule has 2 aliphatic carbocycles. The van der Waals surface area contributed by atoms with Crippen LogP contribution in [0.4, 0.5) is 0 Å². The number of hydrogen-bond acceptors (Lipinski definition) is 0. The van der Waals surface area contributed by atoms with Crippen LogP contribution in [0.5, 0.6) is 0 Å². The molecule has 3 aromatic rings. The number of rotatable bonds is 4. The molecule has 0 unspecified atom stereocenters. The molecule has 0 atom stereocenters. The number of fused-ring (bicyclic) bond motifs is 2. The van der Waals surface area contributed by atoms with Gasteiger partial charge in [0, 0.05) is 0 Å². The average molecular weight is 346 g/mol. The first-order chi connectivity index (χ1) is 13.3. The van der Waals surface area contributed by atoms with Crippen molar-refractivity contribution < 1.29 is 0 Å². The Kier molecular flexibility index (Phi) is 3.90. The topological polar surface area (TPSA) is 0 Å². The molecule has 27 heavy (non-hydrogen) atoms. The molecule has 3 aromatic carbocycles. The summed E-state index contributed by atoms with van der Waals surface area (Å²) in [5, 5.41) is 0. The van der Waals surface area contributed by atoms with Crippen molar-refractivity contribution in [2.45, 2.75) is 19.3 Å². The molecule has 0 fully saturated rings. The lowest BCUT2D eigenvalue weighted by molar-refractivity contribution is 1.10. The summed E-state index contributed by atoms with van der Waals surface area (Å²) in [5.74, 6) is 0. The van der Waals surface area contributed by atoms with Crippen LogP contribution in [0.3, 0.4) is 0 Å². The van der Waals surface area contributed by atoms with Gasteiger partial charge in [0.2, 0.25) is 0 Å². The highest BCUT2D eigenvalue weighted by Crippen LogP contribution is 2.34. The van der Waals surface area contributed by atoms with Crippen molar-refractivity contribution >= 4 is 17.7 Å². The summed E-state index contributed by atoms with van der Waals surface area (Å²) in [7, 11) is 0. The molecule has 0 spiro atoms. The maximum Gasteiger partial charge on any atom is -0.00137 e. The summed E-state index contributed by atoms with van der Waals surface area (Å²) in [6.45, 7) is 4.39. The van der Waals surface area contributed by atoms with E-state index in [9.17, 15) is 0 Å². The molecule has 0 bridgehead atoms. The van der Waals surface area contributed by atoms with E-state index >= 15 is 0 Å². The summed E-state index contributed by atoms with van der Waals surface area (Å²) in [4.78, 5) is 0. The van der Waals surface area contributed by atoms with E-state index in [1.165, 1.54) is 50.1 Å². The first-order valence-electron chi connectivity index (χ1n) is 9.61. The Hall–Kier alpha value is -3.12. The van der Waals surface area contributed by atoms with Gasteiger partial charge in [0.25, 0.3) is 0 Å². The molecule has 5 rings (SSSR count). The minimum atomic E-state index is 0.918. The van der Waals surface area contributed by atoms with Crippen molar-refractivity contribution in [2.24, 2.45) is 0 Å². The zero-order valence-corrected chi connectivity index (χ0v) is 15.4. The van der Waals surface area contributed by atoms with Gasteiger partial charge >= 0.3 is 0 Å². The van der Waals surface area contributed by atoms with E-state index < -0.39 is 0 Å². The molecular formula is C27H22. The standard InChI is InChI=1S/C27H22/c1-19(25-15-22-9-5-6-10-23(22)16-25)13-20-11-12-24-17-27(18-26(24)14-20)21-7-3-2-4-8-21/h2-12,14-15,18H,1,13,16-17H2. The van der Waals surface area contributed by atoms with Gasteiger partial charge in [-0.05, 0) is 69.4 Å². The van der Waals surface area contributed by atoms with Gasteiger partial charge in [-0.2, -0.15) is 0 Å². The fraction of sp³-hybridized carbons (Fsp3) is 0.111. The van der Waals surface area contributed by atoms with Crippen LogP contribution in [0, 0.1) is 0 Å². The van der Waals surface area contributed by atoms with E-state index in [1.54, 1.807) is 0 Å².